The fraction of sp³-hybridized carbons (Fsp3) is 0.273. The molecule has 0 bridgehead atoms. The van der Waals surface area contributed by atoms with Crippen LogP contribution in [0.4, 0.5) is 0 Å². The van der Waals surface area contributed by atoms with Gasteiger partial charge in [0.2, 0.25) is 5.91 Å². The van der Waals surface area contributed by atoms with Crippen LogP contribution in [0.15, 0.2) is 29.3 Å². The Labute approximate surface area is 85.5 Å². The number of nitrogens with zero attached hydrogens (tertiary/aromatic N) is 1. The lowest BCUT2D eigenvalue weighted by atomic mass is 9.95. The molecule has 2 nitrogen and oxygen atoms in total. The highest BCUT2D eigenvalue weighted by Crippen LogP contribution is 1.94. The molecule has 1 amide bonds. The van der Waals surface area contributed by atoms with Crippen LogP contribution < -0.4 is 5.46 Å². The third kappa shape index (κ3) is 3.56. The maximum Gasteiger partial charge on any atom is 0.245 e. The summed E-state index contributed by atoms with van der Waals surface area (Å²) in [7, 11) is 2.02. The van der Waals surface area contributed by atoms with Crippen molar-refractivity contribution in [2.75, 3.05) is 0 Å². The maximum atomic E-state index is 11.1. The van der Waals surface area contributed by atoms with E-state index >= 15 is 0 Å². The van der Waals surface area contributed by atoms with E-state index in [2.05, 4.69) is 4.99 Å². The summed E-state index contributed by atoms with van der Waals surface area (Å²) in [6.07, 6.45) is 3.01. The molecule has 3 heteroatoms. The first-order valence-corrected chi connectivity index (χ1v) is 4.86. The average Bonchev–Trinajstić information content (AvgIpc) is 2.15. The lowest BCUT2D eigenvalue weighted by Crippen LogP contribution is -2.02. The van der Waals surface area contributed by atoms with Crippen LogP contribution in [0, 0.1) is 0 Å². The minimum atomic E-state index is -0.0472. The van der Waals surface area contributed by atoms with E-state index < -0.39 is 0 Å². The highest BCUT2D eigenvalue weighted by atomic mass is 16.1. The van der Waals surface area contributed by atoms with Gasteiger partial charge in [-0.3, -0.25) is 4.79 Å². The Hall–Kier alpha value is -1.38. The Morgan fingerprint density at radius 2 is 2.36 bits per heavy atom. The third-order valence-corrected chi connectivity index (χ3v) is 1.86. The van der Waals surface area contributed by atoms with Gasteiger partial charge < -0.3 is 0 Å². The zero-order chi connectivity index (χ0) is 10.4. The van der Waals surface area contributed by atoms with Crippen LogP contribution in [0.25, 0.3) is 0 Å². The molecule has 0 fully saturated rings. The van der Waals surface area contributed by atoms with Crippen molar-refractivity contribution in [2.45, 2.75) is 19.8 Å². The van der Waals surface area contributed by atoms with Gasteiger partial charge in [-0.15, -0.1) is 0 Å². The summed E-state index contributed by atoms with van der Waals surface area (Å²) in [5.74, 6) is -0.0472. The largest absolute Gasteiger partial charge is 0.273 e. The number of hydrogen-bond acceptors (Lipinski definition) is 1. The predicted octanol–water partition coefficient (Wildman–Crippen LogP) is 0.691. The normalized spacial score (nSPS) is 10.6. The summed E-state index contributed by atoms with van der Waals surface area (Å²) in [6.45, 7) is 1.97. The monoisotopic (exact) mass is 187 g/mol. The van der Waals surface area contributed by atoms with Crippen LogP contribution in [0.1, 0.15) is 25.3 Å². The summed E-state index contributed by atoms with van der Waals surface area (Å²) in [4.78, 5) is 15.0. The van der Waals surface area contributed by atoms with Gasteiger partial charge in [0.15, 0.2) is 0 Å². The molecule has 0 spiro atoms. The van der Waals surface area contributed by atoms with E-state index in [0.717, 1.165) is 12.0 Å². The lowest BCUT2D eigenvalue weighted by Gasteiger charge is -1.94. The van der Waals surface area contributed by atoms with Crippen molar-refractivity contribution in [3.63, 3.8) is 0 Å². The van der Waals surface area contributed by atoms with Crippen molar-refractivity contribution < 1.29 is 4.79 Å². The van der Waals surface area contributed by atoms with Crippen molar-refractivity contribution >= 4 is 25.4 Å². The molecule has 1 rings (SSSR count). The predicted molar refractivity (Wildman–Crippen MR) is 62.1 cm³/mol. The number of amides is 1. The summed E-state index contributed by atoms with van der Waals surface area (Å²) in [5.41, 5.74) is 2.16. The molecule has 0 N–H and O–H groups in total. The first-order chi connectivity index (χ1) is 6.72. The molecular formula is C11H14BNO. The molecule has 0 atom stereocenters. The van der Waals surface area contributed by atoms with E-state index in [1.54, 1.807) is 6.21 Å². The molecule has 1 aromatic rings. The topological polar surface area (TPSA) is 29.4 Å². The summed E-state index contributed by atoms with van der Waals surface area (Å²) in [6, 6.07) is 7.92. The van der Waals surface area contributed by atoms with Crippen molar-refractivity contribution in [1.82, 2.24) is 0 Å². The summed E-state index contributed by atoms with van der Waals surface area (Å²) >= 11 is 0. The number of carbonyl (C=O) groups is 1. The van der Waals surface area contributed by atoms with E-state index in [-0.39, 0.29) is 5.91 Å². The number of hydrogen-bond donors (Lipinski definition) is 0. The summed E-state index contributed by atoms with van der Waals surface area (Å²) in [5, 5.41) is 0. The molecule has 0 aliphatic carbocycles. The smallest absolute Gasteiger partial charge is 0.245 e. The Bertz CT molecular complexity index is 347. The Morgan fingerprint density at radius 1 is 1.57 bits per heavy atom. The van der Waals surface area contributed by atoms with Crippen molar-refractivity contribution in [3.05, 3.63) is 29.8 Å². The van der Waals surface area contributed by atoms with E-state index in [1.807, 2.05) is 39.0 Å². The number of rotatable bonds is 3. The average molecular weight is 187 g/mol. The second kappa shape index (κ2) is 5.38. The quantitative estimate of drug-likeness (QED) is 0.505. The van der Waals surface area contributed by atoms with Crippen molar-refractivity contribution in [1.29, 1.82) is 0 Å². The first kappa shape index (κ1) is 10.7. The Morgan fingerprint density at radius 3 is 3.00 bits per heavy atom. The Balaban J connectivity index is 2.64. The molecule has 0 saturated heterocycles. The Kier molecular flexibility index (Phi) is 4.11. The van der Waals surface area contributed by atoms with E-state index in [1.165, 1.54) is 5.46 Å². The number of benzene rings is 1. The molecule has 0 radical (unpaired) electrons. The molecule has 0 saturated carbocycles. The zero-order valence-electron chi connectivity index (χ0n) is 8.66. The molecule has 14 heavy (non-hydrogen) atoms. The molecule has 1 aromatic carbocycles. The molecule has 0 unspecified atom stereocenters. The van der Waals surface area contributed by atoms with Gasteiger partial charge in [-0.2, -0.15) is 0 Å². The van der Waals surface area contributed by atoms with Gasteiger partial charge in [0.25, 0.3) is 0 Å². The second-order valence-electron chi connectivity index (χ2n) is 3.32. The molecule has 0 aromatic heterocycles. The minimum Gasteiger partial charge on any atom is -0.273 e. The van der Waals surface area contributed by atoms with Crippen LogP contribution in [0.3, 0.4) is 0 Å². The SMILES string of the molecule is Bc1cccc(/C=N/C(=O)CCC)c1. The van der Waals surface area contributed by atoms with E-state index in [0.29, 0.717) is 6.42 Å². The second-order valence-corrected chi connectivity index (χ2v) is 3.32. The van der Waals surface area contributed by atoms with Gasteiger partial charge in [-0.25, -0.2) is 4.99 Å². The van der Waals surface area contributed by atoms with E-state index in [9.17, 15) is 4.79 Å². The van der Waals surface area contributed by atoms with Crippen LogP contribution >= 0.6 is 0 Å². The van der Waals surface area contributed by atoms with Gasteiger partial charge in [0, 0.05) is 12.6 Å². The molecule has 0 aliphatic heterocycles. The maximum absolute atomic E-state index is 11.1. The van der Waals surface area contributed by atoms with Gasteiger partial charge in [-0.1, -0.05) is 36.7 Å². The van der Waals surface area contributed by atoms with Gasteiger partial charge in [0.1, 0.15) is 7.85 Å². The number of carbonyl (C=O) groups excluding carboxylic acids is 1. The van der Waals surface area contributed by atoms with Gasteiger partial charge in [0.05, 0.1) is 0 Å². The fourth-order valence-corrected chi connectivity index (χ4v) is 1.18. The molecule has 0 heterocycles. The number of aliphatic imine (C=N–C) groups is 1. The van der Waals surface area contributed by atoms with Crippen LogP contribution in [0.2, 0.25) is 0 Å². The van der Waals surface area contributed by atoms with Gasteiger partial charge >= 0.3 is 0 Å². The fourth-order valence-electron chi connectivity index (χ4n) is 1.18. The highest BCUT2D eigenvalue weighted by Gasteiger charge is 1.94. The summed E-state index contributed by atoms with van der Waals surface area (Å²) < 4.78 is 0. The van der Waals surface area contributed by atoms with Crippen LogP contribution in [0.5, 0.6) is 0 Å². The van der Waals surface area contributed by atoms with E-state index in [4.69, 9.17) is 0 Å². The van der Waals surface area contributed by atoms with Crippen LogP contribution in [-0.2, 0) is 4.79 Å². The minimum absolute atomic E-state index is 0.0472. The first-order valence-electron chi connectivity index (χ1n) is 4.86. The molecule has 0 aliphatic rings. The van der Waals surface area contributed by atoms with Crippen molar-refractivity contribution in [3.8, 4) is 0 Å². The molecule has 72 valence electrons. The zero-order valence-corrected chi connectivity index (χ0v) is 8.66. The standard InChI is InChI=1S/C11H14BNO/c1-2-4-11(14)13-8-9-5-3-6-10(12)7-9/h3,5-8H,2,4,12H2,1H3/b13-8+. The molecular weight excluding hydrogens is 173 g/mol. The highest BCUT2D eigenvalue weighted by molar-refractivity contribution is 6.32. The van der Waals surface area contributed by atoms with Gasteiger partial charge in [-0.05, 0) is 12.0 Å². The van der Waals surface area contributed by atoms with Crippen LogP contribution in [-0.4, -0.2) is 20.0 Å². The van der Waals surface area contributed by atoms with Crippen molar-refractivity contribution in [2.24, 2.45) is 4.99 Å². The third-order valence-electron chi connectivity index (χ3n) is 1.86. The lowest BCUT2D eigenvalue weighted by molar-refractivity contribution is -0.117.